The topological polar surface area (TPSA) is 103 Å². The second-order valence-electron chi connectivity index (χ2n) is 8.42. The van der Waals surface area contributed by atoms with E-state index in [9.17, 15) is 9.59 Å². The number of hydrogen-bond acceptors (Lipinski definition) is 9. The first-order chi connectivity index (χ1) is 17.9. The lowest BCUT2D eigenvalue weighted by molar-refractivity contribution is -0.133. The molecule has 194 valence electrons. The van der Waals surface area contributed by atoms with Crippen molar-refractivity contribution in [2.75, 3.05) is 59.0 Å². The average molecular weight is 507 g/mol. The van der Waals surface area contributed by atoms with Crippen LogP contribution in [0.5, 0.6) is 23.0 Å². The van der Waals surface area contributed by atoms with E-state index >= 15 is 0 Å². The number of nitrogens with zero attached hydrogens (tertiary/aromatic N) is 4. The van der Waals surface area contributed by atoms with Crippen LogP contribution < -0.4 is 23.8 Å². The number of aromatic nitrogens is 2. The van der Waals surface area contributed by atoms with Crippen LogP contribution in [0.4, 0.5) is 5.82 Å². The Morgan fingerprint density at radius 2 is 1.46 bits per heavy atom. The first kappa shape index (κ1) is 25.7. The van der Waals surface area contributed by atoms with Gasteiger partial charge in [0.2, 0.25) is 0 Å². The molecule has 1 aliphatic heterocycles. The standard InChI is InChI=1S/C27H30N4O6/c1-18(32)19-5-9-23(25(15-19)36-4)37-17-27(33)31-13-11-30(12-14-31)26-10-7-21(28-29-26)20-6-8-22(34-2)24(16-20)35-3/h5-10,15-16H,11-14,17H2,1-4H3. The predicted molar refractivity (Wildman–Crippen MR) is 138 cm³/mol. The van der Waals surface area contributed by atoms with E-state index in [2.05, 4.69) is 15.1 Å². The molecule has 1 aliphatic rings. The van der Waals surface area contributed by atoms with Crippen molar-refractivity contribution in [2.24, 2.45) is 0 Å². The van der Waals surface area contributed by atoms with Gasteiger partial charge >= 0.3 is 0 Å². The molecule has 0 spiro atoms. The molecule has 10 nitrogen and oxygen atoms in total. The number of rotatable bonds is 9. The van der Waals surface area contributed by atoms with Crippen LogP contribution in [0.25, 0.3) is 11.3 Å². The molecule has 0 radical (unpaired) electrons. The normalized spacial score (nSPS) is 13.2. The maximum Gasteiger partial charge on any atom is 0.260 e. The van der Waals surface area contributed by atoms with E-state index in [4.69, 9.17) is 18.9 Å². The number of amides is 1. The van der Waals surface area contributed by atoms with Gasteiger partial charge in [-0.1, -0.05) is 0 Å². The zero-order valence-electron chi connectivity index (χ0n) is 21.4. The lowest BCUT2D eigenvalue weighted by atomic mass is 10.1. The third kappa shape index (κ3) is 5.91. The molecule has 2 aromatic carbocycles. The highest BCUT2D eigenvalue weighted by atomic mass is 16.5. The van der Waals surface area contributed by atoms with Crippen molar-refractivity contribution in [3.05, 3.63) is 54.1 Å². The van der Waals surface area contributed by atoms with Crippen LogP contribution in [0.3, 0.4) is 0 Å². The highest BCUT2D eigenvalue weighted by molar-refractivity contribution is 5.94. The van der Waals surface area contributed by atoms with E-state index < -0.39 is 0 Å². The quantitative estimate of drug-likeness (QED) is 0.405. The number of benzene rings is 2. The Hall–Kier alpha value is -4.34. The summed E-state index contributed by atoms with van der Waals surface area (Å²) in [6, 6.07) is 14.4. The summed E-state index contributed by atoms with van der Waals surface area (Å²) < 4.78 is 21.7. The highest BCUT2D eigenvalue weighted by Crippen LogP contribution is 2.32. The minimum absolute atomic E-state index is 0.0703. The molecule has 10 heteroatoms. The van der Waals surface area contributed by atoms with Crippen LogP contribution in [-0.4, -0.2) is 80.9 Å². The lowest BCUT2D eigenvalue weighted by Gasteiger charge is -2.35. The molecular weight excluding hydrogens is 476 g/mol. The second-order valence-corrected chi connectivity index (χ2v) is 8.42. The number of ether oxygens (including phenoxy) is 4. The van der Waals surface area contributed by atoms with Crippen LogP contribution in [0.15, 0.2) is 48.5 Å². The third-order valence-electron chi connectivity index (χ3n) is 6.21. The molecule has 1 aromatic heterocycles. The molecule has 0 bridgehead atoms. The maximum absolute atomic E-state index is 12.7. The van der Waals surface area contributed by atoms with E-state index in [-0.39, 0.29) is 18.3 Å². The van der Waals surface area contributed by atoms with E-state index in [0.29, 0.717) is 54.7 Å². The minimum Gasteiger partial charge on any atom is -0.493 e. The number of methoxy groups -OCH3 is 3. The zero-order chi connectivity index (χ0) is 26.4. The summed E-state index contributed by atoms with van der Waals surface area (Å²) in [4.78, 5) is 28.2. The molecule has 1 amide bonds. The Morgan fingerprint density at radius 3 is 2.08 bits per heavy atom. The van der Waals surface area contributed by atoms with Gasteiger partial charge in [-0.2, -0.15) is 0 Å². The van der Waals surface area contributed by atoms with Crippen LogP contribution in [0.1, 0.15) is 17.3 Å². The molecule has 3 aromatic rings. The number of Topliss-reactive ketones (excluding diaryl/α,β-unsaturated/α-hetero) is 1. The fourth-order valence-electron chi connectivity index (χ4n) is 4.06. The van der Waals surface area contributed by atoms with Gasteiger partial charge in [0.15, 0.2) is 41.2 Å². The van der Waals surface area contributed by atoms with Crippen LogP contribution in [0.2, 0.25) is 0 Å². The maximum atomic E-state index is 12.7. The smallest absolute Gasteiger partial charge is 0.260 e. The Balaban J connectivity index is 1.32. The van der Waals surface area contributed by atoms with Crippen molar-refractivity contribution in [3.63, 3.8) is 0 Å². The Bertz CT molecular complexity index is 1260. The molecule has 2 heterocycles. The highest BCUT2D eigenvalue weighted by Gasteiger charge is 2.23. The number of ketones is 1. The fourth-order valence-corrected chi connectivity index (χ4v) is 4.06. The van der Waals surface area contributed by atoms with Gasteiger partial charge in [-0.05, 0) is 55.5 Å². The predicted octanol–water partition coefficient (Wildman–Crippen LogP) is 3.10. The van der Waals surface area contributed by atoms with Crippen LogP contribution in [0, 0.1) is 0 Å². The van der Waals surface area contributed by atoms with Gasteiger partial charge in [0, 0.05) is 37.3 Å². The summed E-state index contributed by atoms with van der Waals surface area (Å²) in [6.07, 6.45) is 0. The van der Waals surface area contributed by atoms with Crippen molar-refractivity contribution < 1.29 is 28.5 Å². The third-order valence-corrected chi connectivity index (χ3v) is 6.21. The summed E-state index contributed by atoms with van der Waals surface area (Å²) in [5.74, 6) is 2.68. The monoisotopic (exact) mass is 506 g/mol. The molecule has 0 aliphatic carbocycles. The van der Waals surface area contributed by atoms with E-state index in [1.54, 1.807) is 37.3 Å². The fraction of sp³-hybridized carbons (Fsp3) is 0.333. The summed E-state index contributed by atoms with van der Waals surface area (Å²) >= 11 is 0. The summed E-state index contributed by atoms with van der Waals surface area (Å²) in [6.45, 7) is 3.72. The number of piperazine rings is 1. The van der Waals surface area contributed by atoms with E-state index in [1.165, 1.54) is 14.0 Å². The largest absolute Gasteiger partial charge is 0.493 e. The zero-order valence-corrected chi connectivity index (χ0v) is 21.4. The number of hydrogen-bond donors (Lipinski definition) is 0. The Labute approximate surface area is 215 Å². The minimum atomic E-state index is -0.118. The van der Waals surface area contributed by atoms with Crippen molar-refractivity contribution in [1.29, 1.82) is 0 Å². The van der Waals surface area contributed by atoms with Gasteiger partial charge in [0.1, 0.15) is 0 Å². The van der Waals surface area contributed by atoms with Crippen molar-refractivity contribution in [2.45, 2.75) is 6.92 Å². The molecule has 0 atom stereocenters. The first-order valence-corrected chi connectivity index (χ1v) is 11.8. The molecule has 0 N–H and O–H groups in total. The molecule has 4 rings (SSSR count). The van der Waals surface area contributed by atoms with Gasteiger partial charge in [0.05, 0.1) is 27.0 Å². The van der Waals surface area contributed by atoms with Crippen LogP contribution in [-0.2, 0) is 4.79 Å². The average Bonchev–Trinajstić information content (AvgIpc) is 2.95. The van der Waals surface area contributed by atoms with Gasteiger partial charge in [-0.15, -0.1) is 10.2 Å². The molecule has 0 unspecified atom stereocenters. The molecular formula is C27H30N4O6. The number of carbonyl (C=O) groups is 2. The molecule has 1 saturated heterocycles. The Kier molecular flexibility index (Phi) is 8.07. The van der Waals surface area contributed by atoms with Crippen molar-refractivity contribution in [1.82, 2.24) is 15.1 Å². The second kappa shape index (κ2) is 11.6. The van der Waals surface area contributed by atoms with Gasteiger partial charge < -0.3 is 28.7 Å². The lowest BCUT2D eigenvalue weighted by Crippen LogP contribution is -2.50. The van der Waals surface area contributed by atoms with Gasteiger partial charge in [0.25, 0.3) is 5.91 Å². The molecule has 0 saturated carbocycles. The summed E-state index contributed by atoms with van der Waals surface area (Å²) in [5, 5.41) is 8.78. The van der Waals surface area contributed by atoms with E-state index in [1.807, 2.05) is 30.3 Å². The van der Waals surface area contributed by atoms with Crippen LogP contribution >= 0.6 is 0 Å². The number of anilines is 1. The SMILES string of the molecule is COc1ccc(-c2ccc(N3CCN(C(=O)COc4ccc(C(C)=O)cc4OC)CC3)nn2)cc1OC. The summed E-state index contributed by atoms with van der Waals surface area (Å²) in [7, 11) is 4.69. The van der Waals surface area contributed by atoms with Crippen molar-refractivity contribution in [3.8, 4) is 34.3 Å². The summed E-state index contributed by atoms with van der Waals surface area (Å²) in [5.41, 5.74) is 2.12. The van der Waals surface area contributed by atoms with Gasteiger partial charge in [-0.3, -0.25) is 9.59 Å². The van der Waals surface area contributed by atoms with E-state index in [0.717, 1.165) is 17.1 Å². The van der Waals surface area contributed by atoms with Gasteiger partial charge in [-0.25, -0.2) is 0 Å². The first-order valence-electron chi connectivity index (χ1n) is 11.8. The Morgan fingerprint density at radius 1 is 0.784 bits per heavy atom. The number of carbonyl (C=O) groups excluding carboxylic acids is 2. The molecule has 37 heavy (non-hydrogen) atoms. The molecule has 1 fully saturated rings. The van der Waals surface area contributed by atoms with Crippen molar-refractivity contribution >= 4 is 17.5 Å².